The Morgan fingerprint density at radius 2 is 1.64 bits per heavy atom. The lowest BCUT2D eigenvalue weighted by Crippen LogP contribution is -2.09. The monoisotopic (exact) mass is 156 g/mol. The van der Waals surface area contributed by atoms with Crippen molar-refractivity contribution in [1.82, 2.24) is 10.0 Å². The Morgan fingerprint density at radius 1 is 1.09 bits per heavy atom. The van der Waals surface area contributed by atoms with Crippen LogP contribution in [0.5, 0.6) is 0 Å². The SMILES string of the molecule is CC(/C=N/N(C)C)=N\N(C)C. The summed E-state index contributed by atoms with van der Waals surface area (Å²) in [5.74, 6) is 0. The van der Waals surface area contributed by atoms with Crippen LogP contribution < -0.4 is 0 Å². The molecule has 0 aromatic heterocycles. The van der Waals surface area contributed by atoms with Gasteiger partial charge in [-0.15, -0.1) is 0 Å². The van der Waals surface area contributed by atoms with Crippen LogP contribution in [0.1, 0.15) is 6.92 Å². The molecule has 0 aliphatic heterocycles. The maximum absolute atomic E-state index is 4.12. The molecule has 0 aromatic rings. The molecule has 0 saturated heterocycles. The van der Waals surface area contributed by atoms with Gasteiger partial charge in [0.15, 0.2) is 0 Å². The van der Waals surface area contributed by atoms with Gasteiger partial charge in [0.05, 0.1) is 11.9 Å². The Labute approximate surface area is 68.2 Å². The minimum absolute atomic E-state index is 0.892. The first kappa shape index (κ1) is 9.94. The van der Waals surface area contributed by atoms with Crippen molar-refractivity contribution >= 4 is 11.9 Å². The highest BCUT2D eigenvalue weighted by Gasteiger charge is 1.85. The van der Waals surface area contributed by atoms with E-state index in [1.807, 2.05) is 35.1 Å². The van der Waals surface area contributed by atoms with E-state index in [-0.39, 0.29) is 0 Å². The molecule has 0 spiro atoms. The van der Waals surface area contributed by atoms with Crippen LogP contribution in [0.4, 0.5) is 0 Å². The Bertz CT molecular complexity index is 158. The van der Waals surface area contributed by atoms with Gasteiger partial charge in [0.1, 0.15) is 0 Å². The molecule has 0 heterocycles. The van der Waals surface area contributed by atoms with Gasteiger partial charge in [-0.1, -0.05) is 0 Å². The molecule has 64 valence electrons. The smallest absolute Gasteiger partial charge is 0.0774 e. The molecule has 0 N–H and O–H groups in total. The number of nitrogens with zero attached hydrogens (tertiary/aromatic N) is 4. The van der Waals surface area contributed by atoms with Crippen LogP contribution in [0, 0.1) is 0 Å². The first-order chi connectivity index (χ1) is 5.02. The van der Waals surface area contributed by atoms with Gasteiger partial charge in [0.2, 0.25) is 0 Å². The Morgan fingerprint density at radius 3 is 2.00 bits per heavy atom. The van der Waals surface area contributed by atoms with E-state index in [1.54, 1.807) is 16.2 Å². The third-order valence-corrected chi connectivity index (χ3v) is 0.833. The zero-order valence-electron chi connectivity index (χ0n) is 7.87. The normalized spacial score (nSPS) is 12.3. The van der Waals surface area contributed by atoms with Gasteiger partial charge >= 0.3 is 0 Å². The Kier molecular flexibility index (Phi) is 4.26. The quantitative estimate of drug-likeness (QED) is 0.439. The maximum atomic E-state index is 4.12. The molecule has 0 aliphatic rings. The molecule has 0 atom stereocenters. The average molecular weight is 156 g/mol. The molecule has 4 heteroatoms. The Balaban J connectivity index is 3.95. The maximum Gasteiger partial charge on any atom is 0.0774 e. The van der Waals surface area contributed by atoms with Crippen LogP contribution in [0.15, 0.2) is 10.2 Å². The second-order valence-electron chi connectivity index (χ2n) is 2.68. The van der Waals surface area contributed by atoms with Crippen molar-refractivity contribution in [2.24, 2.45) is 10.2 Å². The average Bonchev–Trinajstić information content (AvgIpc) is 1.82. The first-order valence-corrected chi connectivity index (χ1v) is 3.46. The number of hydrazone groups is 2. The van der Waals surface area contributed by atoms with Crippen molar-refractivity contribution in [2.45, 2.75) is 6.92 Å². The molecule has 0 aliphatic carbocycles. The van der Waals surface area contributed by atoms with Gasteiger partial charge in [-0.2, -0.15) is 10.2 Å². The minimum atomic E-state index is 0.892. The summed E-state index contributed by atoms with van der Waals surface area (Å²) < 4.78 is 0. The number of hydrogen-bond donors (Lipinski definition) is 0. The number of hydrogen-bond acceptors (Lipinski definition) is 4. The van der Waals surface area contributed by atoms with Crippen molar-refractivity contribution in [1.29, 1.82) is 0 Å². The lowest BCUT2D eigenvalue weighted by molar-refractivity contribution is 0.435. The molecule has 0 unspecified atom stereocenters. The summed E-state index contributed by atoms with van der Waals surface area (Å²) in [6, 6.07) is 0. The highest BCUT2D eigenvalue weighted by molar-refractivity contribution is 6.29. The third kappa shape index (κ3) is 6.83. The fourth-order valence-electron chi connectivity index (χ4n) is 0.540. The van der Waals surface area contributed by atoms with E-state index < -0.39 is 0 Å². The molecule has 11 heavy (non-hydrogen) atoms. The van der Waals surface area contributed by atoms with Crippen LogP contribution in [-0.2, 0) is 0 Å². The van der Waals surface area contributed by atoms with Gasteiger partial charge < -0.3 is 10.0 Å². The zero-order valence-corrected chi connectivity index (χ0v) is 7.87. The second kappa shape index (κ2) is 4.71. The highest BCUT2D eigenvalue weighted by Crippen LogP contribution is 1.79. The minimum Gasteiger partial charge on any atom is -0.303 e. The number of rotatable bonds is 3. The van der Waals surface area contributed by atoms with E-state index in [4.69, 9.17) is 0 Å². The third-order valence-electron chi connectivity index (χ3n) is 0.833. The van der Waals surface area contributed by atoms with E-state index >= 15 is 0 Å². The molecule has 0 saturated carbocycles. The Hall–Kier alpha value is -1.06. The first-order valence-electron chi connectivity index (χ1n) is 3.46. The molecule has 0 aromatic carbocycles. The summed E-state index contributed by atoms with van der Waals surface area (Å²) in [5, 5.41) is 11.6. The topological polar surface area (TPSA) is 31.2 Å². The highest BCUT2D eigenvalue weighted by atomic mass is 15.4. The fraction of sp³-hybridized carbons (Fsp3) is 0.714. The molecule has 4 nitrogen and oxygen atoms in total. The molecule has 0 amide bonds. The summed E-state index contributed by atoms with van der Waals surface area (Å²) in [6.07, 6.45) is 1.72. The van der Waals surface area contributed by atoms with E-state index in [1.165, 1.54) is 0 Å². The van der Waals surface area contributed by atoms with Crippen LogP contribution in [-0.4, -0.2) is 50.1 Å². The lowest BCUT2D eigenvalue weighted by atomic mass is 10.5. The predicted molar refractivity (Wildman–Crippen MR) is 49.0 cm³/mol. The van der Waals surface area contributed by atoms with Crippen molar-refractivity contribution in [3.63, 3.8) is 0 Å². The largest absolute Gasteiger partial charge is 0.303 e. The van der Waals surface area contributed by atoms with E-state index in [2.05, 4.69) is 10.2 Å². The van der Waals surface area contributed by atoms with Crippen molar-refractivity contribution < 1.29 is 0 Å². The van der Waals surface area contributed by atoms with Gasteiger partial charge in [-0.05, 0) is 6.92 Å². The van der Waals surface area contributed by atoms with E-state index in [0.29, 0.717) is 0 Å². The van der Waals surface area contributed by atoms with Gasteiger partial charge in [0.25, 0.3) is 0 Å². The molecule has 0 fully saturated rings. The molecular weight excluding hydrogens is 140 g/mol. The van der Waals surface area contributed by atoms with Crippen LogP contribution in [0.3, 0.4) is 0 Å². The van der Waals surface area contributed by atoms with Gasteiger partial charge in [-0.25, -0.2) is 0 Å². The molecular formula is C7H16N4. The predicted octanol–water partition coefficient (Wildman–Crippen LogP) is 0.471. The molecule has 0 radical (unpaired) electrons. The van der Waals surface area contributed by atoms with Gasteiger partial charge in [-0.3, -0.25) is 0 Å². The van der Waals surface area contributed by atoms with Crippen LogP contribution in [0.25, 0.3) is 0 Å². The summed E-state index contributed by atoms with van der Waals surface area (Å²) in [4.78, 5) is 0. The summed E-state index contributed by atoms with van der Waals surface area (Å²) in [6.45, 7) is 1.91. The van der Waals surface area contributed by atoms with Crippen molar-refractivity contribution in [2.75, 3.05) is 28.2 Å². The summed E-state index contributed by atoms with van der Waals surface area (Å²) in [5.41, 5.74) is 0.892. The van der Waals surface area contributed by atoms with Crippen molar-refractivity contribution in [3.05, 3.63) is 0 Å². The van der Waals surface area contributed by atoms with Crippen LogP contribution in [0.2, 0.25) is 0 Å². The fourth-order valence-corrected chi connectivity index (χ4v) is 0.540. The standard InChI is InChI=1S/C7H16N4/c1-7(9-11(4)5)6-8-10(2)3/h6H,1-5H3/b8-6+,9-7+. The van der Waals surface area contributed by atoms with Gasteiger partial charge in [0, 0.05) is 28.2 Å². The zero-order chi connectivity index (χ0) is 8.85. The lowest BCUT2D eigenvalue weighted by Gasteiger charge is -2.05. The second-order valence-corrected chi connectivity index (χ2v) is 2.68. The van der Waals surface area contributed by atoms with Crippen molar-refractivity contribution in [3.8, 4) is 0 Å². The van der Waals surface area contributed by atoms with E-state index in [9.17, 15) is 0 Å². The van der Waals surface area contributed by atoms with E-state index in [0.717, 1.165) is 5.71 Å². The molecule has 0 bridgehead atoms. The van der Waals surface area contributed by atoms with Crippen LogP contribution >= 0.6 is 0 Å². The summed E-state index contributed by atoms with van der Waals surface area (Å²) >= 11 is 0. The molecule has 0 rings (SSSR count). The summed E-state index contributed by atoms with van der Waals surface area (Å²) in [7, 11) is 7.51.